The molecule has 1 rings (SSSR count). The van der Waals surface area contributed by atoms with Crippen molar-refractivity contribution in [2.75, 3.05) is 0 Å². The van der Waals surface area contributed by atoms with E-state index in [9.17, 15) is 9.18 Å². The average Bonchev–Trinajstić information content (AvgIpc) is 2.24. The molecular weight excluding hydrogens is 269 g/mol. The standard InChI is InChI=1S/C14H21ClFNO2/c1-5-12(17-13(18)19-14(2,3)4)10-7-6-9(15)8-11(10)16/h6-8,10-12H,5H2,1-4H3,(H,17,18). The van der Waals surface area contributed by atoms with Crippen LogP contribution in [0.3, 0.4) is 0 Å². The number of hydrogen-bond donors (Lipinski definition) is 1. The molecule has 0 aromatic carbocycles. The van der Waals surface area contributed by atoms with Crippen molar-refractivity contribution in [3.05, 3.63) is 23.3 Å². The highest BCUT2D eigenvalue weighted by Gasteiger charge is 2.29. The number of nitrogens with one attached hydrogen (secondary N) is 1. The van der Waals surface area contributed by atoms with Gasteiger partial charge in [0.25, 0.3) is 0 Å². The second-order valence-corrected chi connectivity index (χ2v) is 6.03. The Kier molecular flexibility index (Phi) is 5.41. The third-order valence-electron chi connectivity index (χ3n) is 2.77. The Hall–Kier alpha value is -1.03. The lowest BCUT2D eigenvalue weighted by Crippen LogP contribution is -2.45. The summed E-state index contributed by atoms with van der Waals surface area (Å²) in [4.78, 5) is 11.7. The van der Waals surface area contributed by atoms with E-state index in [1.807, 2.05) is 6.92 Å². The van der Waals surface area contributed by atoms with Gasteiger partial charge in [0.15, 0.2) is 0 Å². The normalized spacial score (nSPS) is 24.6. The van der Waals surface area contributed by atoms with Crippen molar-refractivity contribution in [3.8, 4) is 0 Å². The summed E-state index contributed by atoms with van der Waals surface area (Å²) in [6.45, 7) is 7.25. The number of ether oxygens (including phenoxy) is 1. The first-order chi connectivity index (χ1) is 8.73. The largest absolute Gasteiger partial charge is 0.444 e. The molecule has 3 unspecified atom stereocenters. The van der Waals surface area contributed by atoms with Gasteiger partial charge in [-0.2, -0.15) is 0 Å². The van der Waals surface area contributed by atoms with E-state index in [4.69, 9.17) is 16.3 Å². The summed E-state index contributed by atoms with van der Waals surface area (Å²) in [5.74, 6) is -0.417. The molecule has 0 saturated carbocycles. The van der Waals surface area contributed by atoms with E-state index >= 15 is 0 Å². The molecule has 0 aromatic rings. The molecule has 19 heavy (non-hydrogen) atoms. The van der Waals surface area contributed by atoms with Gasteiger partial charge in [-0.05, 0) is 39.3 Å². The number of carbonyl (C=O) groups is 1. The van der Waals surface area contributed by atoms with Crippen LogP contribution in [0, 0.1) is 5.92 Å². The molecule has 0 aromatic heterocycles. The summed E-state index contributed by atoms with van der Waals surface area (Å²) in [5, 5.41) is 3.10. The Labute approximate surface area is 118 Å². The van der Waals surface area contributed by atoms with Gasteiger partial charge in [0.05, 0.1) is 0 Å². The predicted octanol–water partition coefficient (Wildman–Crippen LogP) is 3.94. The number of amides is 1. The summed E-state index contributed by atoms with van der Waals surface area (Å²) >= 11 is 5.74. The van der Waals surface area contributed by atoms with Crippen molar-refractivity contribution in [2.24, 2.45) is 5.92 Å². The molecule has 0 saturated heterocycles. The van der Waals surface area contributed by atoms with Gasteiger partial charge in [0, 0.05) is 17.0 Å². The molecule has 3 atom stereocenters. The lowest BCUT2D eigenvalue weighted by Gasteiger charge is -2.29. The fourth-order valence-corrected chi connectivity index (χ4v) is 2.11. The van der Waals surface area contributed by atoms with Gasteiger partial charge in [0.1, 0.15) is 11.8 Å². The fourth-order valence-electron chi connectivity index (χ4n) is 1.91. The van der Waals surface area contributed by atoms with Crippen molar-refractivity contribution >= 4 is 17.7 Å². The maximum absolute atomic E-state index is 13.9. The van der Waals surface area contributed by atoms with Crippen LogP contribution in [-0.4, -0.2) is 23.9 Å². The van der Waals surface area contributed by atoms with Crippen LogP contribution in [0.25, 0.3) is 0 Å². The van der Waals surface area contributed by atoms with Gasteiger partial charge in [-0.15, -0.1) is 0 Å². The molecule has 3 nitrogen and oxygen atoms in total. The Morgan fingerprint density at radius 1 is 1.58 bits per heavy atom. The number of halogens is 2. The highest BCUT2D eigenvalue weighted by molar-refractivity contribution is 6.31. The minimum absolute atomic E-state index is 0.317. The molecule has 0 heterocycles. The number of rotatable bonds is 3. The first kappa shape index (κ1) is 16.0. The maximum atomic E-state index is 13.9. The lowest BCUT2D eigenvalue weighted by atomic mass is 9.89. The third-order valence-corrected chi connectivity index (χ3v) is 3.02. The summed E-state index contributed by atoms with van der Waals surface area (Å²) in [6.07, 6.45) is 3.59. The lowest BCUT2D eigenvalue weighted by molar-refractivity contribution is 0.0481. The van der Waals surface area contributed by atoms with Crippen LogP contribution in [0.1, 0.15) is 34.1 Å². The molecular formula is C14H21ClFNO2. The monoisotopic (exact) mass is 289 g/mol. The van der Waals surface area contributed by atoms with Gasteiger partial charge in [-0.3, -0.25) is 0 Å². The van der Waals surface area contributed by atoms with E-state index in [2.05, 4.69) is 5.32 Å². The predicted molar refractivity (Wildman–Crippen MR) is 74.9 cm³/mol. The second kappa shape index (κ2) is 6.42. The van der Waals surface area contributed by atoms with Crippen molar-refractivity contribution in [1.82, 2.24) is 5.32 Å². The van der Waals surface area contributed by atoms with Gasteiger partial charge >= 0.3 is 6.09 Å². The highest BCUT2D eigenvalue weighted by atomic mass is 35.5. The SMILES string of the molecule is CCC(NC(=O)OC(C)(C)C)C1C=CC(Cl)=CC1F. The molecule has 1 amide bonds. The van der Waals surface area contributed by atoms with Crippen LogP contribution < -0.4 is 5.32 Å². The van der Waals surface area contributed by atoms with Crippen molar-refractivity contribution < 1.29 is 13.9 Å². The van der Waals surface area contributed by atoms with Crippen LogP contribution in [0.2, 0.25) is 0 Å². The number of alkyl carbamates (subject to hydrolysis) is 1. The van der Waals surface area contributed by atoms with Crippen molar-refractivity contribution in [1.29, 1.82) is 0 Å². The zero-order chi connectivity index (χ0) is 14.6. The first-order valence-electron chi connectivity index (χ1n) is 6.42. The van der Waals surface area contributed by atoms with E-state index in [1.54, 1.807) is 32.9 Å². The second-order valence-electron chi connectivity index (χ2n) is 5.59. The highest BCUT2D eigenvalue weighted by Crippen LogP contribution is 2.26. The summed E-state index contributed by atoms with van der Waals surface area (Å²) in [6, 6.07) is -0.317. The molecule has 0 aliphatic heterocycles. The van der Waals surface area contributed by atoms with E-state index in [0.717, 1.165) is 0 Å². The summed E-state index contributed by atoms with van der Waals surface area (Å²) < 4.78 is 19.1. The Bertz CT molecular complexity index is 387. The molecule has 0 spiro atoms. The number of hydrogen-bond acceptors (Lipinski definition) is 2. The van der Waals surface area contributed by atoms with Crippen molar-refractivity contribution in [2.45, 2.75) is 51.9 Å². The quantitative estimate of drug-likeness (QED) is 0.855. The topological polar surface area (TPSA) is 38.3 Å². The number of carbonyl (C=O) groups excluding carboxylic acids is 1. The maximum Gasteiger partial charge on any atom is 0.407 e. The van der Waals surface area contributed by atoms with Crippen molar-refractivity contribution in [3.63, 3.8) is 0 Å². The van der Waals surface area contributed by atoms with Gasteiger partial charge in [0.2, 0.25) is 0 Å². The molecule has 0 radical (unpaired) electrons. The van der Waals surface area contributed by atoms with Gasteiger partial charge in [-0.1, -0.05) is 24.6 Å². The number of alkyl halides is 1. The minimum Gasteiger partial charge on any atom is -0.444 e. The van der Waals surface area contributed by atoms with E-state index in [1.165, 1.54) is 6.08 Å². The van der Waals surface area contributed by atoms with Crippen LogP contribution in [0.4, 0.5) is 9.18 Å². The van der Waals surface area contributed by atoms with E-state index < -0.39 is 23.8 Å². The fraction of sp³-hybridized carbons (Fsp3) is 0.643. The summed E-state index contributed by atoms with van der Waals surface area (Å²) in [7, 11) is 0. The van der Waals surface area contributed by atoms with Crippen LogP contribution in [0.5, 0.6) is 0 Å². The third kappa shape index (κ3) is 5.23. The zero-order valence-corrected chi connectivity index (χ0v) is 12.5. The first-order valence-corrected chi connectivity index (χ1v) is 6.80. The average molecular weight is 290 g/mol. The smallest absolute Gasteiger partial charge is 0.407 e. The van der Waals surface area contributed by atoms with Crippen LogP contribution in [0.15, 0.2) is 23.3 Å². The molecule has 0 fully saturated rings. The van der Waals surface area contributed by atoms with E-state index in [0.29, 0.717) is 11.5 Å². The molecule has 1 aliphatic carbocycles. The molecule has 5 heteroatoms. The molecule has 1 aliphatic rings. The summed E-state index contributed by atoms with van der Waals surface area (Å²) in [5.41, 5.74) is -0.566. The van der Waals surface area contributed by atoms with Crippen LogP contribution >= 0.6 is 11.6 Å². The Balaban J connectivity index is 2.64. The van der Waals surface area contributed by atoms with E-state index in [-0.39, 0.29) is 6.04 Å². The minimum atomic E-state index is -1.20. The molecule has 1 N–H and O–H groups in total. The Morgan fingerprint density at radius 2 is 2.21 bits per heavy atom. The Morgan fingerprint density at radius 3 is 2.68 bits per heavy atom. The number of allylic oxidation sites excluding steroid dienone is 3. The molecule has 0 bridgehead atoms. The molecule has 108 valence electrons. The van der Waals surface area contributed by atoms with Gasteiger partial charge < -0.3 is 10.1 Å². The zero-order valence-electron chi connectivity index (χ0n) is 11.7. The van der Waals surface area contributed by atoms with Crippen LogP contribution in [-0.2, 0) is 4.74 Å². The van der Waals surface area contributed by atoms with Gasteiger partial charge in [-0.25, -0.2) is 9.18 Å².